The molecule has 0 fully saturated rings. The van der Waals surface area contributed by atoms with Crippen LogP contribution in [0.2, 0.25) is 0 Å². The molecule has 2 heteroatoms. The molecular weight excluding hydrogens is 200 g/mol. The highest BCUT2D eigenvalue weighted by molar-refractivity contribution is 5.25. The molecule has 0 atom stereocenters. The van der Waals surface area contributed by atoms with Crippen molar-refractivity contribution in [1.82, 2.24) is 0 Å². The number of hydrogen-bond donors (Lipinski definition) is 0. The van der Waals surface area contributed by atoms with E-state index in [1.165, 1.54) is 11.1 Å². The van der Waals surface area contributed by atoms with Crippen LogP contribution < -0.4 is 0 Å². The SMILES string of the molecule is CCOCCOCc1cccc(C(C)C)c1. The molecule has 0 saturated heterocycles. The first-order valence-electron chi connectivity index (χ1n) is 5.98. The molecule has 0 aliphatic carbocycles. The molecule has 0 bridgehead atoms. The van der Waals surface area contributed by atoms with Crippen LogP contribution in [-0.2, 0) is 16.1 Å². The van der Waals surface area contributed by atoms with Crippen molar-refractivity contribution < 1.29 is 9.47 Å². The predicted octanol–water partition coefficient (Wildman–Crippen LogP) is 3.36. The van der Waals surface area contributed by atoms with E-state index in [9.17, 15) is 0 Å². The second-order valence-electron chi connectivity index (χ2n) is 4.15. The summed E-state index contributed by atoms with van der Waals surface area (Å²) in [6.07, 6.45) is 0. The third kappa shape index (κ3) is 4.77. The van der Waals surface area contributed by atoms with Crippen molar-refractivity contribution in [2.75, 3.05) is 19.8 Å². The van der Waals surface area contributed by atoms with E-state index in [1.807, 2.05) is 6.92 Å². The lowest BCUT2D eigenvalue weighted by atomic mass is 10.0. The van der Waals surface area contributed by atoms with Gasteiger partial charge >= 0.3 is 0 Å². The molecule has 0 aromatic heterocycles. The average molecular weight is 222 g/mol. The molecule has 1 aromatic rings. The predicted molar refractivity (Wildman–Crippen MR) is 66.7 cm³/mol. The Balaban J connectivity index is 2.33. The van der Waals surface area contributed by atoms with E-state index in [2.05, 4.69) is 38.1 Å². The Morgan fingerprint density at radius 1 is 1.12 bits per heavy atom. The molecule has 0 aliphatic rings. The van der Waals surface area contributed by atoms with Gasteiger partial charge in [-0.1, -0.05) is 38.1 Å². The van der Waals surface area contributed by atoms with Gasteiger partial charge in [0, 0.05) is 6.61 Å². The molecule has 0 aliphatic heterocycles. The van der Waals surface area contributed by atoms with Crippen LogP contribution in [0.3, 0.4) is 0 Å². The van der Waals surface area contributed by atoms with E-state index in [0.29, 0.717) is 25.7 Å². The summed E-state index contributed by atoms with van der Waals surface area (Å²) >= 11 is 0. The number of rotatable bonds is 7. The van der Waals surface area contributed by atoms with Crippen molar-refractivity contribution in [3.05, 3.63) is 35.4 Å². The minimum atomic E-state index is 0.573. The van der Waals surface area contributed by atoms with Gasteiger partial charge in [-0.25, -0.2) is 0 Å². The van der Waals surface area contributed by atoms with E-state index < -0.39 is 0 Å². The van der Waals surface area contributed by atoms with Gasteiger partial charge in [0.25, 0.3) is 0 Å². The van der Waals surface area contributed by atoms with Crippen LogP contribution in [0.25, 0.3) is 0 Å². The second-order valence-corrected chi connectivity index (χ2v) is 4.15. The van der Waals surface area contributed by atoms with E-state index in [-0.39, 0.29) is 0 Å². The first-order chi connectivity index (χ1) is 7.74. The Bertz CT molecular complexity index is 295. The maximum atomic E-state index is 5.53. The normalized spacial score (nSPS) is 11.0. The lowest BCUT2D eigenvalue weighted by Crippen LogP contribution is -2.04. The summed E-state index contributed by atoms with van der Waals surface area (Å²) in [4.78, 5) is 0. The Hall–Kier alpha value is -0.860. The van der Waals surface area contributed by atoms with E-state index in [1.54, 1.807) is 0 Å². The summed E-state index contributed by atoms with van der Waals surface area (Å²) in [5.74, 6) is 0.573. The first-order valence-corrected chi connectivity index (χ1v) is 5.98. The van der Waals surface area contributed by atoms with Gasteiger partial charge in [-0.3, -0.25) is 0 Å². The molecular formula is C14H22O2. The summed E-state index contributed by atoms with van der Waals surface area (Å²) < 4.78 is 10.7. The van der Waals surface area contributed by atoms with Crippen LogP contribution in [0, 0.1) is 0 Å². The molecule has 16 heavy (non-hydrogen) atoms. The summed E-state index contributed by atoms with van der Waals surface area (Å²) in [6.45, 7) is 9.18. The van der Waals surface area contributed by atoms with Gasteiger partial charge in [0.2, 0.25) is 0 Å². The largest absolute Gasteiger partial charge is 0.379 e. The van der Waals surface area contributed by atoms with Gasteiger partial charge in [0.1, 0.15) is 0 Å². The monoisotopic (exact) mass is 222 g/mol. The maximum Gasteiger partial charge on any atom is 0.0718 e. The van der Waals surface area contributed by atoms with E-state index in [0.717, 1.165) is 6.61 Å². The third-order valence-electron chi connectivity index (χ3n) is 2.46. The van der Waals surface area contributed by atoms with Crippen molar-refractivity contribution in [3.8, 4) is 0 Å². The van der Waals surface area contributed by atoms with Crippen LogP contribution >= 0.6 is 0 Å². The van der Waals surface area contributed by atoms with Gasteiger partial charge in [-0.05, 0) is 24.0 Å². The Morgan fingerprint density at radius 3 is 2.56 bits per heavy atom. The van der Waals surface area contributed by atoms with Gasteiger partial charge in [0.05, 0.1) is 19.8 Å². The van der Waals surface area contributed by atoms with Crippen molar-refractivity contribution in [2.45, 2.75) is 33.3 Å². The van der Waals surface area contributed by atoms with Gasteiger partial charge in [0.15, 0.2) is 0 Å². The molecule has 0 radical (unpaired) electrons. The fraction of sp³-hybridized carbons (Fsp3) is 0.571. The minimum absolute atomic E-state index is 0.573. The zero-order valence-electron chi connectivity index (χ0n) is 10.5. The average Bonchev–Trinajstić information content (AvgIpc) is 2.29. The molecule has 2 nitrogen and oxygen atoms in total. The van der Waals surface area contributed by atoms with Crippen LogP contribution in [-0.4, -0.2) is 19.8 Å². The highest BCUT2D eigenvalue weighted by Gasteiger charge is 2.00. The molecule has 0 spiro atoms. The molecule has 0 amide bonds. The molecule has 0 saturated carbocycles. The minimum Gasteiger partial charge on any atom is -0.379 e. The van der Waals surface area contributed by atoms with Gasteiger partial charge in [-0.15, -0.1) is 0 Å². The Kier molecular flexibility index (Phi) is 6.12. The Labute approximate surface area is 98.6 Å². The highest BCUT2D eigenvalue weighted by atomic mass is 16.5. The van der Waals surface area contributed by atoms with Crippen molar-refractivity contribution in [1.29, 1.82) is 0 Å². The zero-order chi connectivity index (χ0) is 11.8. The third-order valence-corrected chi connectivity index (χ3v) is 2.46. The Morgan fingerprint density at radius 2 is 1.88 bits per heavy atom. The van der Waals surface area contributed by atoms with Crippen LogP contribution in [0.15, 0.2) is 24.3 Å². The van der Waals surface area contributed by atoms with Crippen LogP contribution in [0.1, 0.15) is 37.8 Å². The standard InChI is InChI=1S/C14H22O2/c1-4-15-8-9-16-11-13-6-5-7-14(10-13)12(2)3/h5-7,10,12H,4,8-9,11H2,1-3H3. The van der Waals surface area contributed by atoms with Gasteiger partial charge < -0.3 is 9.47 Å². The quantitative estimate of drug-likeness (QED) is 0.659. The lowest BCUT2D eigenvalue weighted by Gasteiger charge is -2.08. The van der Waals surface area contributed by atoms with Crippen molar-refractivity contribution >= 4 is 0 Å². The fourth-order valence-corrected chi connectivity index (χ4v) is 1.49. The number of hydrogen-bond acceptors (Lipinski definition) is 2. The van der Waals surface area contributed by atoms with Crippen molar-refractivity contribution in [3.63, 3.8) is 0 Å². The smallest absolute Gasteiger partial charge is 0.0718 e. The molecule has 0 heterocycles. The molecule has 1 aromatic carbocycles. The summed E-state index contributed by atoms with van der Waals surface area (Å²) in [7, 11) is 0. The number of benzene rings is 1. The summed E-state index contributed by atoms with van der Waals surface area (Å²) in [6, 6.07) is 8.57. The first kappa shape index (κ1) is 13.2. The summed E-state index contributed by atoms with van der Waals surface area (Å²) in [5.41, 5.74) is 2.61. The number of ether oxygens (including phenoxy) is 2. The van der Waals surface area contributed by atoms with Crippen molar-refractivity contribution in [2.24, 2.45) is 0 Å². The second kappa shape index (κ2) is 7.42. The zero-order valence-corrected chi connectivity index (χ0v) is 10.5. The summed E-state index contributed by atoms with van der Waals surface area (Å²) in [5, 5.41) is 0. The molecule has 90 valence electrons. The fourth-order valence-electron chi connectivity index (χ4n) is 1.49. The molecule has 0 unspecified atom stereocenters. The highest BCUT2D eigenvalue weighted by Crippen LogP contribution is 2.15. The maximum absolute atomic E-state index is 5.53. The topological polar surface area (TPSA) is 18.5 Å². The van der Waals surface area contributed by atoms with Crippen LogP contribution in [0.5, 0.6) is 0 Å². The lowest BCUT2D eigenvalue weighted by molar-refractivity contribution is 0.0453. The van der Waals surface area contributed by atoms with Crippen LogP contribution in [0.4, 0.5) is 0 Å². The van der Waals surface area contributed by atoms with Gasteiger partial charge in [-0.2, -0.15) is 0 Å². The molecule has 0 N–H and O–H groups in total. The molecule has 1 rings (SSSR count). The van der Waals surface area contributed by atoms with E-state index >= 15 is 0 Å². The van der Waals surface area contributed by atoms with E-state index in [4.69, 9.17) is 9.47 Å².